The van der Waals surface area contributed by atoms with Crippen molar-refractivity contribution in [3.05, 3.63) is 42.1 Å². The maximum absolute atomic E-state index is 11.8. The highest BCUT2D eigenvalue weighted by Gasteiger charge is 2.16. The number of aromatic nitrogens is 2. The summed E-state index contributed by atoms with van der Waals surface area (Å²) in [4.78, 5) is 11.8. The van der Waals surface area contributed by atoms with Gasteiger partial charge in [0.05, 0.1) is 0 Å². The first kappa shape index (κ1) is 12.2. The minimum atomic E-state index is -0.507. The predicted octanol–water partition coefficient (Wildman–Crippen LogP) is 2.27. The van der Waals surface area contributed by atoms with Gasteiger partial charge in [0.1, 0.15) is 11.6 Å². The molecule has 2 N–H and O–H groups in total. The summed E-state index contributed by atoms with van der Waals surface area (Å²) < 4.78 is 6.76. The Morgan fingerprint density at radius 1 is 1.33 bits per heavy atom. The number of nitrogen functional groups attached to an aromatic ring is 1. The fraction of sp³-hybridized carbons (Fsp3) is 0.231. The molecule has 94 valence electrons. The Morgan fingerprint density at radius 3 is 2.56 bits per heavy atom. The number of esters is 1. The zero-order valence-corrected chi connectivity index (χ0v) is 10.3. The smallest absolute Gasteiger partial charge is 0.364 e. The van der Waals surface area contributed by atoms with Crippen LogP contribution in [0, 0.1) is 0 Å². The van der Waals surface area contributed by atoms with Gasteiger partial charge in [0, 0.05) is 12.1 Å². The second-order valence-corrected chi connectivity index (χ2v) is 4.20. The normalized spacial score (nSPS) is 10.6. The first-order valence-corrected chi connectivity index (χ1v) is 5.70. The molecule has 0 saturated carbocycles. The molecule has 0 aliphatic carbocycles. The summed E-state index contributed by atoms with van der Waals surface area (Å²) in [6.45, 7) is 3.88. The van der Waals surface area contributed by atoms with E-state index in [2.05, 4.69) is 5.10 Å². The molecule has 1 aromatic carbocycles. The van der Waals surface area contributed by atoms with Gasteiger partial charge < -0.3 is 10.5 Å². The number of hydrogen-bond acceptors (Lipinski definition) is 4. The zero-order chi connectivity index (χ0) is 13.1. The van der Waals surface area contributed by atoms with Gasteiger partial charge in [-0.05, 0) is 26.0 Å². The van der Waals surface area contributed by atoms with Gasteiger partial charge in [-0.15, -0.1) is 0 Å². The Bertz CT molecular complexity index is 547. The average molecular weight is 245 g/mol. The van der Waals surface area contributed by atoms with Crippen LogP contribution in [0.2, 0.25) is 0 Å². The van der Waals surface area contributed by atoms with Crippen molar-refractivity contribution in [2.24, 2.45) is 0 Å². The van der Waals surface area contributed by atoms with E-state index in [1.165, 1.54) is 6.07 Å². The number of rotatable bonds is 3. The predicted molar refractivity (Wildman–Crippen MR) is 68.4 cm³/mol. The highest BCUT2D eigenvalue weighted by molar-refractivity contribution is 5.89. The van der Waals surface area contributed by atoms with Gasteiger partial charge in [0.2, 0.25) is 0 Å². The Labute approximate surface area is 105 Å². The van der Waals surface area contributed by atoms with Gasteiger partial charge in [-0.1, -0.05) is 18.2 Å². The van der Waals surface area contributed by atoms with Crippen molar-refractivity contribution < 1.29 is 9.53 Å². The largest absolute Gasteiger partial charge is 0.422 e. The van der Waals surface area contributed by atoms with Gasteiger partial charge in [0.25, 0.3) is 0 Å². The molecule has 0 bridgehead atoms. The van der Waals surface area contributed by atoms with E-state index in [-0.39, 0.29) is 11.7 Å². The molecular formula is C13H15N3O2. The van der Waals surface area contributed by atoms with E-state index in [9.17, 15) is 4.79 Å². The molecular weight excluding hydrogens is 230 g/mol. The van der Waals surface area contributed by atoms with Gasteiger partial charge in [0.15, 0.2) is 5.69 Å². The molecule has 0 aliphatic heterocycles. The van der Waals surface area contributed by atoms with Crippen molar-refractivity contribution in [2.45, 2.75) is 19.9 Å². The van der Waals surface area contributed by atoms with Crippen molar-refractivity contribution in [3.8, 4) is 5.75 Å². The molecule has 18 heavy (non-hydrogen) atoms. The van der Waals surface area contributed by atoms with Crippen molar-refractivity contribution in [1.29, 1.82) is 0 Å². The molecule has 0 spiro atoms. The van der Waals surface area contributed by atoms with E-state index in [0.717, 1.165) is 0 Å². The van der Waals surface area contributed by atoms with Crippen molar-refractivity contribution in [2.75, 3.05) is 5.73 Å². The quantitative estimate of drug-likeness (QED) is 0.665. The zero-order valence-electron chi connectivity index (χ0n) is 10.3. The van der Waals surface area contributed by atoms with Gasteiger partial charge in [-0.2, -0.15) is 5.10 Å². The van der Waals surface area contributed by atoms with Crippen LogP contribution in [0.5, 0.6) is 5.75 Å². The average Bonchev–Trinajstić information content (AvgIpc) is 2.73. The van der Waals surface area contributed by atoms with Crippen molar-refractivity contribution in [3.63, 3.8) is 0 Å². The van der Waals surface area contributed by atoms with E-state index in [0.29, 0.717) is 11.6 Å². The topological polar surface area (TPSA) is 70.1 Å². The molecule has 1 aromatic heterocycles. The van der Waals surface area contributed by atoms with Crippen LogP contribution >= 0.6 is 0 Å². The summed E-state index contributed by atoms with van der Waals surface area (Å²) in [7, 11) is 0. The number of benzene rings is 1. The number of para-hydroxylation sites is 1. The number of hydrogen-bond donors (Lipinski definition) is 1. The van der Waals surface area contributed by atoms with Crippen LogP contribution in [-0.2, 0) is 0 Å². The number of carbonyl (C=O) groups is 1. The fourth-order valence-electron chi connectivity index (χ4n) is 1.57. The lowest BCUT2D eigenvalue weighted by Gasteiger charge is -2.06. The maximum atomic E-state index is 11.8. The lowest BCUT2D eigenvalue weighted by molar-refractivity contribution is 0.0727. The first-order valence-electron chi connectivity index (χ1n) is 5.70. The molecule has 0 amide bonds. The Morgan fingerprint density at radius 2 is 2.00 bits per heavy atom. The summed E-state index contributed by atoms with van der Waals surface area (Å²) in [6, 6.07) is 10.5. The SMILES string of the molecule is CC(C)n1nc(C(=O)Oc2ccccc2)cc1N. The molecule has 5 nitrogen and oxygen atoms in total. The molecule has 0 unspecified atom stereocenters. The van der Waals surface area contributed by atoms with Crippen molar-refractivity contribution in [1.82, 2.24) is 9.78 Å². The molecule has 0 saturated heterocycles. The Kier molecular flexibility index (Phi) is 3.32. The standard InChI is InChI=1S/C13H15N3O2/c1-9(2)16-12(14)8-11(15-16)13(17)18-10-6-4-3-5-7-10/h3-9H,14H2,1-2H3. The van der Waals surface area contributed by atoms with Crippen molar-refractivity contribution >= 4 is 11.8 Å². The molecule has 0 radical (unpaired) electrons. The van der Waals surface area contributed by atoms with Crippen LogP contribution in [0.4, 0.5) is 5.82 Å². The summed E-state index contributed by atoms with van der Waals surface area (Å²) in [6.07, 6.45) is 0. The molecule has 2 rings (SSSR count). The van der Waals surface area contributed by atoms with E-state index in [4.69, 9.17) is 10.5 Å². The van der Waals surface area contributed by atoms with Crippen LogP contribution in [0.15, 0.2) is 36.4 Å². The molecule has 1 heterocycles. The number of ether oxygens (including phenoxy) is 1. The van der Waals surface area contributed by atoms with Gasteiger partial charge in [-0.3, -0.25) is 0 Å². The first-order chi connectivity index (χ1) is 8.58. The number of carbonyl (C=O) groups excluding carboxylic acids is 1. The fourth-order valence-corrected chi connectivity index (χ4v) is 1.57. The molecule has 0 aliphatic rings. The molecule has 0 atom stereocenters. The maximum Gasteiger partial charge on any atom is 0.364 e. The van der Waals surface area contributed by atoms with E-state index in [1.807, 2.05) is 19.9 Å². The summed E-state index contributed by atoms with van der Waals surface area (Å²) in [5, 5.41) is 4.12. The van der Waals surface area contributed by atoms with Crippen LogP contribution in [-0.4, -0.2) is 15.7 Å². The minimum absolute atomic E-state index is 0.100. The molecule has 5 heteroatoms. The van der Waals surface area contributed by atoms with Gasteiger partial charge in [-0.25, -0.2) is 9.48 Å². The lowest BCUT2D eigenvalue weighted by Crippen LogP contribution is -2.11. The summed E-state index contributed by atoms with van der Waals surface area (Å²) in [5.74, 6) is 0.428. The Hall–Kier alpha value is -2.30. The minimum Gasteiger partial charge on any atom is -0.422 e. The van der Waals surface area contributed by atoms with E-state index < -0.39 is 5.97 Å². The summed E-state index contributed by atoms with van der Waals surface area (Å²) >= 11 is 0. The van der Waals surface area contributed by atoms with E-state index in [1.54, 1.807) is 28.9 Å². The number of anilines is 1. The van der Waals surface area contributed by atoms with Crippen LogP contribution in [0.3, 0.4) is 0 Å². The van der Waals surface area contributed by atoms with Gasteiger partial charge >= 0.3 is 5.97 Å². The third-order valence-electron chi connectivity index (χ3n) is 2.42. The number of nitrogens with two attached hydrogens (primary N) is 1. The second kappa shape index (κ2) is 4.91. The van der Waals surface area contributed by atoms with Crippen LogP contribution in [0.25, 0.3) is 0 Å². The Balaban J connectivity index is 2.17. The number of nitrogens with zero attached hydrogens (tertiary/aromatic N) is 2. The monoisotopic (exact) mass is 245 g/mol. The molecule has 0 fully saturated rings. The third kappa shape index (κ3) is 2.51. The van der Waals surface area contributed by atoms with Crippen LogP contribution in [0.1, 0.15) is 30.4 Å². The third-order valence-corrected chi connectivity index (χ3v) is 2.42. The van der Waals surface area contributed by atoms with Crippen LogP contribution < -0.4 is 10.5 Å². The highest BCUT2D eigenvalue weighted by atomic mass is 16.5. The highest BCUT2D eigenvalue weighted by Crippen LogP contribution is 2.15. The molecule has 2 aromatic rings. The summed E-state index contributed by atoms with van der Waals surface area (Å²) in [5.41, 5.74) is 5.98. The second-order valence-electron chi connectivity index (χ2n) is 4.20. The van der Waals surface area contributed by atoms with E-state index >= 15 is 0 Å². The lowest BCUT2D eigenvalue weighted by atomic mass is 10.3.